The Labute approximate surface area is 90.3 Å². The lowest BCUT2D eigenvalue weighted by Gasteiger charge is -2.04. The van der Waals surface area contributed by atoms with Crippen molar-refractivity contribution in [3.8, 4) is 5.75 Å². The van der Waals surface area contributed by atoms with Crippen LogP contribution < -0.4 is 5.73 Å². The van der Waals surface area contributed by atoms with E-state index in [0.29, 0.717) is 6.54 Å². The number of hydrogen-bond donors (Lipinski definition) is 2. The molecule has 3 N–H and O–H groups in total. The molecule has 2 aromatic rings. The number of aromatic nitrogens is 1. The molecule has 0 bridgehead atoms. The molecule has 2 rings (SSSR count). The van der Waals surface area contributed by atoms with Crippen LogP contribution in [0.3, 0.4) is 0 Å². The molecule has 0 saturated carbocycles. The number of phenolic OH excluding ortho intramolecular Hbond substituents is 1. The first kappa shape index (κ1) is 9.55. The Hall–Kier alpha value is -1.00. The maximum atomic E-state index is 9.31. The van der Waals surface area contributed by atoms with Crippen LogP contribution in [0.1, 0.15) is 0 Å². The summed E-state index contributed by atoms with van der Waals surface area (Å²) in [6.07, 6.45) is 0. The van der Waals surface area contributed by atoms with Gasteiger partial charge in [-0.3, -0.25) is 0 Å². The lowest BCUT2D eigenvalue weighted by Crippen LogP contribution is -2.09. The maximum Gasteiger partial charge on any atom is 0.116 e. The zero-order chi connectivity index (χ0) is 10.1. The van der Waals surface area contributed by atoms with Gasteiger partial charge in [0, 0.05) is 24.0 Å². The fourth-order valence-electron chi connectivity index (χ4n) is 1.58. The molecule has 1 heterocycles. The lowest BCUT2D eigenvalue weighted by molar-refractivity contribution is 0.476. The topological polar surface area (TPSA) is 51.2 Å². The van der Waals surface area contributed by atoms with Crippen molar-refractivity contribution in [1.29, 1.82) is 0 Å². The van der Waals surface area contributed by atoms with Crippen LogP contribution in [0.2, 0.25) is 0 Å². The molecule has 0 unspecified atom stereocenters. The summed E-state index contributed by atoms with van der Waals surface area (Å²) in [5, 5.41) is 10.3. The number of fused-ring (bicyclic) bond motifs is 1. The Balaban J connectivity index is 2.64. The van der Waals surface area contributed by atoms with Gasteiger partial charge in [0.05, 0.1) is 4.60 Å². The largest absolute Gasteiger partial charge is 0.508 e. The van der Waals surface area contributed by atoms with Gasteiger partial charge in [0.1, 0.15) is 5.75 Å². The van der Waals surface area contributed by atoms with Crippen LogP contribution in [-0.4, -0.2) is 16.2 Å². The van der Waals surface area contributed by atoms with Crippen LogP contribution in [0.25, 0.3) is 10.9 Å². The first-order valence-electron chi connectivity index (χ1n) is 4.40. The SMILES string of the molecule is NCCn1c(Br)cc2cc(O)ccc21. The summed E-state index contributed by atoms with van der Waals surface area (Å²) >= 11 is 3.46. The summed E-state index contributed by atoms with van der Waals surface area (Å²) < 4.78 is 3.07. The summed E-state index contributed by atoms with van der Waals surface area (Å²) in [5.74, 6) is 0.287. The van der Waals surface area contributed by atoms with Crippen molar-refractivity contribution in [2.75, 3.05) is 6.54 Å². The Morgan fingerprint density at radius 3 is 2.86 bits per heavy atom. The molecule has 1 aromatic heterocycles. The van der Waals surface area contributed by atoms with Crippen LogP contribution in [0, 0.1) is 0 Å². The summed E-state index contributed by atoms with van der Waals surface area (Å²) in [7, 11) is 0. The predicted octanol–water partition coefficient (Wildman–Crippen LogP) is 2.07. The van der Waals surface area contributed by atoms with Gasteiger partial charge in [-0.25, -0.2) is 0 Å². The number of phenols is 1. The fraction of sp³-hybridized carbons (Fsp3) is 0.200. The molecule has 0 spiro atoms. The van der Waals surface area contributed by atoms with E-state index in [1.807, 2.05) is 12.1 Å². The third-order valence-corrected chi connectivity index (χ3v) is 2.84. The smallest absolute Gasteiger partial charge is 0.116 e. The van der Waals surface area contributed by atoms with E-state index in [1.54, 1.807) is 12.1 Å². The summed E-state index contributed by atoms with van der Waals surface area (Å²) in [6.45, 7) is 1.37. The van der Waals surface area contributed by atoms with E-state index in [1.165, 1.54) is 0 Å². The Kier molecular flexibility index (Phi) is 2.48. The Morgan fingerprint density at radius 1 is 1.36 bits per heavy atom. The molecule has 0 fully saturated rings. The molecule has 74 valence electrons. The highest BCUT2D eigenvalue weighted by Crippen LogP contribution is 2.26. The van der Waals surface area contributed by atoms with Crippen molar-refractivity contribution in [3.63, 3.8) is 0 Å². The van der Waals surface area contributed by atoms with Crippen molar-refractivity contribution in [3.05, 3.63) is 28.9 Å². The van der Waals surface area contributed by atoms with Crippen LogP contribution in [-0.2, 0) is 6.54 Å². The highest BCUT2D eigenvalue weighted by Gasteiger charge is 2.05. The van der Waals surface area contributed by atoms with Gasteiger partial charge in [-0.2, -0.15) is 0 Å². The lowest BCUT2D eigenvalue weighted by atomic mass is 10.2. The van der Waals surface area contributed by atoms with E-state index in [-0.39, 0.29) is 5.75 Å². The van der Waals surface area contributed by atoms with Gasteiger partial charge in [-0.05, 0) is 40.2 Å². The molecule has 0 aliphatic carbocycles. The number of hydrogen-bond acceptors (Lipinski definition) is 2. The number of benzene rings is 1. The number of nitrogens with two attached hydrogens (primary N) is 1. The van der Waals surface area contributed by atoms with Crippen molar-refractivity contribution in [1.82, 2.24) is 4.57 Å². The van der Waals surface area contributed by atoms with Gasteiger partial charge >= 0.3 is 0 Å². The molecule has 0 aliphatic heterocycles. The molecule has 14 heavy (non-hydrogen) atoms. The number of halogens is 1. The number of aromatic hydroxyl groups is 1. The highest BCUT2D eigenvalue weighted by molar-refractivity contribution is 9.10. The van der Waals surface area contributed by atoms with Crippen molar-refractivity contribution < 1.29 is 5.11 Å². The van der Waals surface area contributed by atoms with Crippen LogP contribution >= 0.6 is 15.9 Å². The molecule has 3 nitrogen and oxygen atoms in total. The molecule has 0 saturated heterocycles. The molecular formula is C10H11BrN2O. The molecule has 4 heteroatoms. The average Bonchev–Trinajstić information content (AvgIpc) is 2.43. The molecular weight excluding hydrogens is 244 g/mol. The van der Waals surface area contributed by atoms with E-state index >= 15 is 0 Å². The minimum atomic E-state index is 0.287. The minimum absolute atomic E-state index is 0.287. The van der Waals surface area contributed by atoms with Crippen LogP contribution in [0.4, 0.5) is 0 Å². The molecule has 1 aromatic carbocycles. The second-order valence-corrected chi connectivity index (χ2v) is 3.96. The quantitative estimate of drug-likeness (QED) is 0.863. The van der Waals surface area contributed by atoms with E-state index in [4.69, 9.17) is 5.73 Å². The van der Waals surface area contributed by atoms with Crippen molar-refractivity contribution in [2.24, 2.45) is 5.73 Å². The van der Waals surface area contributed by atoms with Gasteiger partial charge in [-0.15, -0.1) is 0 Å². The summed E-state index contributed by atoms with van der Waals surface area (Å²) in [6, 6.07) is 7.30. The minimum Gasteiger partial charge on any atom is -0.508 e. The second kappa shape index (κ2) is 3.63. The maximum absolute atomic E-state index is 9.31. The number of nitrogens with zero attached hydrogens (tertiary/aromatic N) is 1. The van der Waals surface area contributed by atoms with E-state index < -0.39 is 0 Å². The van der Waals surface area contributed by atoms with Gasteiger partial charge in [-0.1, -0.05) is 0 Å². The molecule has 0 aliphatic rings. The normalized spacial score (nSPS) is 11.0. The first-order valence-corrected chi connectivity index (χ1v) is 5.19. The van der Waals surface area contributed by atoms with Crippen molar-refractivity contribution >= 4 is 26.8 Å². The van der Waals surface area contributed by atoms with Crippen molar-refractivity contribution in [2.45, 2.75) is 6.54 Å². The predicted molar refractivity (Wildman–Crippen MR) is 60.4 cm³/mol. The van der Waals surface area contributed by atoms with Gasteiger partial charge < -0.3 is 15.4 Å². The van der Waals surface area contributed by atoms with Gasteiger partial charge in [0.25, 0.3) is 0 Å². The molecule has 0 amide bonds. The van der Waals surface area contributed by atoms with Crippen LogP contribution in [0.15, 0.2) is 28.9 Å². The van der Waals surface area contributed by atoms with Gasteiger partial charge in [0.15, 0.2) is 0 Å². The van der Waals surface area contributed by atoms with E-state index in [9.17, 15) is 5.11 Å². The zero-order valence-corrected chi connectivity index (χ0v) is 9.16. The summed E-state index contributed by atoms with van der Waals surface area (Å²) in [4.78, 5) is 0. The van der Waals surface area contributed by atoms with E-state index in [2.05, 4.69) is 20.5 Å². The first-order chi connectivity index (χ1) is 6.72. The van der Waals surface area contributed by atoms with E-state index in [0.717, 1.165) is 22.1 Å². The zero-order valence-electron chi connectivity index (χ0n) is 7.57. The average molecular weight is 255 g/mol. The third-order valence-electron chi connectivity index (χ3n) is 2.19. The molecule has 0 atom stereocenters. The monoisotopic (exact) mass is 254 g/mol. The van der Waals surface area contributed by atoms with Gasteiger partial charge in [0.2, 0.25) is 0 Å². The Bertz CT molecular complexity index is 464. The highest BCUT2D eigenvalue weighted by atomic mass is 79.9. The summed E-state index contributed by atoms with van der Waals surface area (Å²) in [5.41, 5.74) is 6.60. The number of rotatable bonds is 2. The molecule has 0 radical (unpaired) electrons. The third kappa shape index (κ3) is 1.51. The Morgan fingerprint density at radius 2 is 2.14 bits per heavy atom. The van der Waals surface area contributed by atoms with Crippen LogP contribution in [0.5, 0.6) is 5.75 Å². The fourth-order valence-corrected chi connectivity index (χ4v) is 2.20. The standard InChI is InChI=1S/C10H11BrN2O/c11-10-6-7-5-8(14)1-2-9(7)13(10)4-3-12/h1-2,5-6,14H,3-4,12H2. The second-order valence-electron chi connectivity index (χ2n) is 3.15.